The highest BCUT2D eigenvalue weighted by Gasteiger charge is 2.22. The molecule has 1 fully saturated rings. The number of pyridine rings is 1. The quantitative estimate of drug-likeness (QED) is 0.521. The number of fused-ring (bicyclic) bond motifs is 1. The molecule has 0 unspecified atom stereocenters. The highest BCUT2D eigenvalue weighted by atomic mass is 19.1. The SMILES string of the molecule is O=[N+]([O-])c1ccc(N2CCN(Cc3ccccc3F)CC2)c2ccncc12. The van der Waals surface area contributed by atoms with Crippen molar-refractivity contribution in [1.29, 1.82) is 0 Å². The average Bonchev–Trinajstić information content (AvgIpc) is 2.69. The van der Waals surface area contributed by atoms with Crippen molar-refractivity contribution in [2.45, 2.75) is 6.54 Å². The fourth-order valence-electron chi connectivity index (χ4n) is 3.61. The van der Waals surface area contributed by atoms with Gasteiger partial charge in [-0.3, -0.25) is 20.0 Å². The van der Waals surface area contributed by atoms with E-state index < -0.39 is 0 Å². The van der Waals surface area contributed by atoms with Gasteiger partial charge in [-0.2, -0.15) is 0 Å². The molecule has 7 heteroatoms. The first-order chi connectivity index (χ1) is 13.1. The van der Waals surface area contributed by atoms with E-state index in [9.17, 15) is 14.5 Å². The molecule has 0 saturated carbocycles. The predicted molar refractivity (Wildman–Crippen MR) is 102 cm³/mol. The molecule has 1 saturated heterocycles. The second kappa shape index (κ2) is 7.28. The van der Waals surface area contributed by atoms with Crippen LogP contribution < -0.4 is 4.90 Å². The summed E-state index contributed by atoms with van der Waals surface area (Å²) >= 11 is 0. The monoisotopic (exact) mass is 366 g/mol. The third kappa shape index (κ3) is 3.46. The molecular weight excluding hydrogens is 347 g/mol. The maximum atomic E-state index is 13.9. The van der Waals surface area contributed by atoms with E-state index in [-0.39, 0.29) is 16.4 Å². The van der Waals surface area contributed by atoms with Crippen molar-refractivity contribution < 1.29 is 9.31 Å². The lowest BCUT2D eigenvalue weighted by molar-refractivity contribution is -0.383. The molecule has 0 aliphatic carbocycles. The van der Waals surface area contributed by atoms with Crippen LogP contribution in [0.2, 0.25) is 0 Å². The fourth-order valence-corrected chi connectivity index (χ4v) is 3.61. The lowest BCUT2D eigenvalue weighted by atomic mass is 10.1. The van der Waals surface area contributed by atoms with Gasteiger partial charge in [0.1, 0.15) is 5.82 Å². The number of aromatic nitrogens is 1. The topological polar surface area (TPSA) is 62.5 Å². The van der Waals surface area contributed by atoms with Crippen LogP contribution in [-0.4, -0.2) is 41.0 Å². The molecule has 0 atom stereocenters. The van der Waals surface area contributed by atoms with Crippen LogP contribution in [-0.2, 0) is 6.54 Å². The number of hydrogen-bond donors (Lipinski definition) is 0. The van der Waals surface area contributed by atoms with Gasteiger partial charge in [0, 0.05) is 67.8 Å². The highest BCUT2D eigenvalue weighted by molar-refractivity contribution is 5.99. The minimum Gasteiger partial charge on any atom is -0.368 e. The number of nitrogens with zero attached hydrogens (tertiary/aromatic N) is 4. The van der Waals surface area contributed by atoms with Gasteiger partial charge in [-0.15, -0.1) is 0 Å². The van der Waals surface area contributed by atoms with Gasteiger partial charge < -0.3 is 4.90 Å². The Kier molecular flexibility index (Phi) is 4.68. The molecule has 0 amide bonds. The molecule has 0 radical (unpaired) electrons. The van der Waals surface area contributed by atoms with Gasteiger partial charge in [0.2, 0.25) is 0 Å². The van der Waals surface area contributed by atoms with Gasteiger partial charge in [-0.05, 0) is 18.2 Å². The van der Waals surface area contributed by atoms with E-state index in [2.05, 4.69) is 14.8 Å². The first-order valence-electron chi connectivity index (χ1n) is 8.85. The molecule has 3 aromatic rings. The number of piperazine rings is 1. The van der Waals surface area contributed by atoms with Crippen LogP contribution in [0.5, 0.6) is 0 Å². The number of hydrogen-bond acceptors (Lipinski definition) is 5. The van der Waals surface area contributed by atoms with Gasteiger partial charge in [0.15, 0.2) is 0 Å². The van der Waals surface area contributed by atoms with Crippen LogP contribution in [0.1, 0.15) is 5.56 Å². The number of benzene rings is 2. The largest absolute Gasteiger partial charge is 0.368 e. The molecule has 1 aliphatic rings. The van der Waals surface area contributed by atoms with E-state index in [4.69, 9.17) is 0 Å². The van der Waals surface area contributed by atoms with E-state index in [0.717, 1.165) is 37.3 Å². The van der Waals surface area contributed by atoms with E-state index in [1.165, 1.54) is 6.07 Å². The number of halogens is 1. The number of anilines is 1. The Morgan fingerprint density at radius 2 is 1.81 bits per heavy atom. The lowest BCUT2D eigenvalue weighted by Gasteiger charge is -2.36. The fraction of sp³-hybridized carbons (Fsp3) is 0.250. The van der Waals surface area contributed by atoms with Gasteiger partial charge in [-0.1, -0.05) is 18.2 Å². The molecule has 2 heterocycles. The molecular formula is C20H19FN4O2. The summed E-state index contributed by atoms with van der Waals surface area (Å²) in [7, 11) is 0. The molecule has 0 spiro atoms. The number of rotatable bonds is 4. The van der Waals surface area contributed by atoms with Gasteiger partial charge in [0.05, 0.1) is 10.3 Å². The van der Waals surface area contributed by atoms with Crippen molar-refractivity contribution in [3.63, 3.8) is 0 Å². The zero-order chi connectivity index (χ0) is 18.8. The Bertz CT molecular complexity index is 987. The molecule has 6 nitrogen and oxygen atoms in total. The maximum Gasteiger partial charge on any atom is 0.278 e. The van der Waals surface area contributed by atoms with E-state index in [1.54, 1.807) is 24.5 Å². The molecule has 1 aliphatic heterocycles. The molecule has 1 aromatic heterocycles. The van der Waals surface area contributed by atoms with Crippen molar-refractivity contribution in [2.75, 3.05) is 31.1 Å². The maximum absolute atomic E-state index is 13.9. The summed E-state index contributed by atoms with van der Waals surface area (Å²) in [6, 6.07) is 12.0. The predicted octanol–water partition coefficient (Wildman–Crippen LogP) is 3.60. The molecule has 27 heavy (non-hydrogen) atoms. The van der Waals surface area contributed by atoms with Crippen molar-refractivity contribution in [3.8, 4) is 0 Å². The van der Waals surface area contributed by atoms with Crippen LogP contribution in [0.3, 0.4) is 0 Å². The molecule has 138 valence electrons. The van der Waals surface area contributed by atoms with Crippen molar-refractivity contribution in [3.05, 3.63) is 76.4 Å². The molecule has 2 aromatic carbocycles. The van der Waals surface area contributed by atoms with Gasteiger partial charge in [-0.25, -0.2) is 4.39 Å². The first-order valence-corrected chi connectivity index (χ1v) is 8.85. The van der Waals surface area contributed by atoms with Crippen LogP contribution in [0.4, 0.5) is 15.8 Å². The number of nitro groups is 1. The lowest BCUT2D eigenvalue weighted by Crippen LogP contribution is -2.46. The Morgan fingerprint density at radius 3 is 2.56 bits per heavy atom. The summed E-state index contributed by atoms with van der Waals surface area (Å²) < 4.78 is 13.9. The zero-order valence-corrected chi connectivity index (χ0v) is 14.7. The summed E-state index contributed by atoms with van der Waals surface area (Å²) in [6.07, 6.45) is 3.20. The summed E-state index contributed by atoms with van der Waals surface area (Å²) in [4.78, 5) is 19.4. The summed E-state index contributed by atoms with van der Waals surface area (Å²) in [5, 5.41) is 12.7. The second-order valence-corrected chi connectivity index (χ2v) is 6.64. The zero-order valence-electron chi connectivity index (χ0n) is 14.7. The smallest absolute Gasteiger partial charge is 0.278 e. The standard InChI is InChI=1S/C20H19FN4O2/c21-18-4-2-1-3-15(18)14-23-9-11-24(12-10-23)19-5-6-20(25(26)27)17-13-22-8-7-16(17)19/h1-8,13H,9-12,14H2. The van der Waals surface area contributed by atoms with Crippen molar-refractivity contribution in [1.82, 2.24) is 9.88 Å². The van der Waals surface area contributed by atoms with Gasteiger partial charge >= 0.3 is 0 Å². The minimum atomic E-state index is -0.375. The number of nitro benzene ring substituents is 1. The van der Waals surface area contributed by atoms with E-state index >= 15 is 0 Å². The third-order valence-corrected chi connectivity index (χ3v) is 5.03. The Labute approximate surface area is 156 Å². The summed E-state index contributed by atoms with van der Waals surface area (Å²) in [5.74, 6) is -0.172. The van der Waals surface area contributed by atoms with Crippen molar-refractivity contribution >= 4 is 22.1 Å². The highest BCUT2D eigenvalue weighted by Crippen LogP contribution is 2.33. The van der Waals surface area contributed by atoms with Crippen molar-refractivity contribution in [2.24, 2.45) is 0 Å². The van der Waals surface area contributed by atoms with Crippen LogP contribution in [0, 0.1) is 15.9 Å². The summed E-state index contributed by atoms with van der Waals surface area (Å²) in [5.41, 5.74) is 1.75. The normalized spacial score (nSPS) is 15.2. The van der Waals surface area contributed by atoms with Crippen LogP contribution in [0.25, 0.3) is 10.8 Å². The third-order valence-electron chi connectivity index (χ3n) is 5.03. The van der Waals surface area contributed by atoms with E-state index in [1.807, 2.05) is 24.3 Å². The Balaban J connectivity index is 1.53. The van der Waals surface area contributed by atoms with Crippen LogP contribution in [0.15, 0.2) is 54.9 Å². The number of non-ortho nitro benzene ring substituents is 1. The minimum absolute atomic E-state index is 0.0695. The second-order valence-electron chi connectivity index (χ2n) is 6.64. The van der Waals surface area contributed by atoms with Gasteiger partial charge in [0.25, 0.3) is 5.69 Å². The molecule has 0 N–H and O–H groups in total. The summed E-state index contributed by atoms with van der Waals surface area (Å²) in [6.45, 7) is 3.76. The molecule has 0 bridgehead atoms. The first kappa shape index (κ1) is 17.4. The Hall–Kier alpha value is -3.06. The Morgan fingerprint density at radius 1 is 1.04 bits per heavy atom. The van der Waals surface area contributed by atoms with Crippen LogP contribution >= 0.6 is 0 Å². The molecule has 4 rings (SSSR count). The van der Waals surface area contributed by atoms with E-state index in [0.29, 0.717) is 17.5 Å². The average molecular weight is 366 g/mol.